The molecule has 3 aliphatic heterocycles. The number of piperidine rings is 3. The van der Waals surface area contributed by atoms with E-state index in [0.717, 1.165) is 49.4 Å². The van der Waals surface area contributed by atoms with E-state index in [1.807, 2.05) is 49.2 Å². The molecule has 1 aromatic carbocycles. The van der Waals surface area contributed by atoms with Gasteiger partial charge in [0.15, 0.2) is 0 Å². The maximum atomic E-state index is 12.4. The zero-order valence-corrected chi connectivity index (χ0v) is 15.4. The molecule has 7 nitrogen and oxygen atoms in total. The minimum Gasteiger partial charge on any atom is -0.399 e. The van der Waals surface area contributed by atoms with Crippen LogP contribution in [0.3, 0.4) is 0 Å². The summed E-state index contributed by atoms with van der Waals surface area (Å²) in [4.78, 5) is 16.6. The number of fused-ring (bicyclic) bond motifs is 3. The van der Waals surface area contributed by atoms with Crippen molar-refractivity contribution in [1.82, 2.24) is 24.8 Å². The first-order valence-electron chi connectivity index (χ1n) is 9.22. The summed E-state index contributed by atoms with van der Waals surface area (Å²) in [6.07, 6.45) is 4.16. The van der Waals surface area contributed by atoms with E-state index >= 15 is 0 Å². The minimum absolute atomic E-state index is 0.147. The highest BCUT2D eigenvalue weighted by Gasteiger charge is 2.43. The van der Waals surface area contributed by atoms with Crippen LogP contribution in [0, 0.1) is 11.8 Å². The Balaban J connectivity index is 1.44. The number of carbonyl (C=O) groups is 1. The zero-order chi connectivity index (χ0) is 18.3. The summed E-state index contributed by atoms with van der Waals surface area (Å²) < 4.78 is 1.92. The highest BCUT2D eigenvalue weighted by Crippen LogP contribution is 2.37. The summed E-state index contributed by atoms with van der Waals surface area (Å²) in [7, 11) is 3.70. The van der Waals surface area contributed by atoms with Crippen LogP contribution < -0.4 is 5.73 Å². The topological polar surface area (TPSA) is 80.3 Å². The molecule has 7 heteroatoms. The molecule has 0 spiro atoms. The largest absolute Gasteiger partial charge is 0.399 e. The van der Waals surface area contributed by atoms with Gasteiger partial charge in [-0.3, -0.25) is 14.4 Å². The summed E-state index contributed by atoms with van der Waals surface area (Å²) in [5.41, 5.74) is 8.41. The minimum atomic E-state index is 0.147. The van der Waals surface area contributed by atoms with Crippen LogP contribution >= 0.6 is 0 Å². The molecule has 5 rings (SSSR count). The Morgan fingerprint density at radius 3 is 2.92 bits per heavy atom. The van der Waals surface area contributed by atoms with Crippen LogP contribution in [0.1, 0.15) is 12.8 Å². The molecule has 4 atom stereocenters. The summed E-state index contributed by atoms with van der Waals surface area (Å²) in [6.45, 7) is 2.75. The number of nitrogens with zero attached hydrogens (tertiary/aromatic N) is 5. The Morgan fingerprint density at radius 2 is 2.23 bits per heavy atom. The third-order valence-corrected chi connectivity index (χ3v) is 5.76. The molecule has 3 aliphatic rings. The van der Waals surface area contributed by atoms with Gasteiger partial charge in [0.05, 0.1) is 18.7 Å². The molecule has 1 amide bonds. The van der Waals surface area contributed by atoms with Gasteiger partial charge < -0.3 is 10.6 Å². The van der Waals surface area contributed by atoms with Crippen LogP contribution in [0.4, 0.5) is 5.69 Å². The summed E-state index contributed by atoms with van der Waals surface area (Å²) >= 11 is 0. The van der Waals surface area contributed by atoms with E-state index in [0.29, 0.717) is 12.0 Å². The molecule has 3 fully saturated rings. The number of amides is 1. The monoisotopic (exact) mass is 354 g/mol. The molecule has 2 bridgehead atoms. The number of hydrogen-bond acceptors (Lipinski definition) is 5. The van der Waals surface area contributed by atoms with Gasteiger partial charge in [0.25, 0.3) is 0 Å². The number of carbonyl (C=O) groups excluding carboxylic acids is 1. The average Bonchev–Trinajstić information content (AvgIpc) is 3.10. The normalized spacial score (nSPS) is 27.5. The van der Waals surface area contributed by atoms with Crippen LogP contribution in [0.2, 0.25) is 0 Å². The fourth-order valence-electron chi connectivity index (χ4n) is 4.37. The van der Waals surface area contributed by atoms with Crippen LogP contribution in [0.25, 0.3) is 11.3 Å². The molecule has 138 valence electrons. The Morgan fingerprint density at radius 1 is 1.38 bits per heavy atom. The average molecular weight is 354 g/mol. The fourth-order valence-corrected chi connectivity index (χ4v) is 4.37. The lowest BCUT2D eigenvalue weighted by molar-refractivity contribution is -0.141. The number of hydrogen-bond donors (Lipinski definition) is 1. The van der Waals surface area contributed by atoms with E-state index in [2.05, 4.69) is 15.2 Å². The molecule has 0 aliphatic carbocycles. The second kappa shape index (κ2) is 6.72. The molecule has 2 aromatic rings. The SMILES string of the molecule is CN(C)C(=O)[C@@H]1CN2CC[C@H]1C[C@@H]2Cn1cc(-c2cccc(N)c2)nn1. The van der Waals surface area contributed by atoms with Gasteiger partial charge in [-0.2, -0.15) is 0 Å². The van der Waals surface area contributed by atoms with Crippen molar-refractivity contribution in [3.05, 3.63) is 30.5 Å². The highest BCUT2D eigenvalue weighted by molar-refractivity contribution is 5.79. The smallest absolute Gasteiger partial charge is 0.226 e. The van der Waals surface area contributed by atoms with Crippen LogP contribution in [-0.4, -0.2) is 63.9 Å². The van der Waals surface area contributed by atoms with Crippen molar-refractivity contribution in [2.75, 3.05) is 32.9 Å². The summed E-state index contributed by atoms with van der Waals surface area (Å²) in [6, 6.07) is 8.13. The maximum Gasteiger partial charge on any atom is 0.226 e. The van der Waals surface area contributed by atoms with Crippen molar-refractivity contribution < 1.29 is 4.79 Å². The fraction of sp³-hybridized carbons (Fsp3) is 0.526. The molecule has 2 N–H and O–H groups in total. The summed E-state index contributed by atoms with van der Waals surface area (Å²) in [5.74, 6) is 0.897. The molecule has 1 unspecified atom stereocenters. The van der Waals surface area contributed by atoms with Gasteiger partial charge in [-0.1, -0.05) is 17.3 Å². The molecular formula is C19H26N6O. The van der Waals surface area contributed by atoms with E-state index in [-0.39, 0.29) is 11.8 Å². The number of nitrogens with two attached hydrogens (primary N) is 1. The molecule has 26 heavy (non-hydrogen) atoms. The van der Waals surface area contributed by atoms with Crippen LogP contribution in [-0.2, 0) is 11.3 Å². The lowest BCUT2D eigenvalue weighted by Gasteiger charge is -2.49. The van der Waals surface area contributed by atoms with Gasteiger partial charge in [-0.05, 0) is 37.4 Å². The first kappa shape index (κ1) is 17.0. The Labute approximate surface area is 153 Å². The first-order valence-corrected chi connectivity index (χ1v) is 9.22. The zero-order valence-electron chi connectivity index (χ0n) is 15.4. The molecule has 3 saturated heterocycles. The predicted octanol–water partition coefficient (Wildman–Crippen LogP) is 1.33. The van der Waals surface area contributed by atoms with Gasteiger partial charge >= 0.3 is 0 Å². The maximum absolute atomic E-state index is 12.4. The standard InChI is InChI=1S/C19H26N6O/c1-23(2)19(26)17-11-24-7-6-13(17)9-16(24)10-25-12-18(21-22-25)14-4-3-5-15(20)8-14/h3-5,8,12-13,16-17H,6-7,9-11,20H2,1-2H3/t13-,16+,17+/m0/s1. The van der Waals surface area contributed by atoms with Crippen molar-refractivity contribution in [2.45, 2.75) is 25.4 Å². The predicted molar refractivity (Wildman–Crippen MR) is 100 cm³/mol. The number of benzene rings is 1. The first-order chi connectivity index (χ1) is 12.5. The van der Waals surface area contributed by atoms with Gasteiger partial charge in [0.1, 0.15) is 5.69 Å². The van der Waals surface area contributed by atoms with Crippen molar-refractivity contribution in [1.29, 1.82) is 0 Å². The van der Waals surface area contributed by atoms with Gasteiger partial charge in [-0.15, -0.1) is 5.10 Å². The van der Waals surface area contributed by atoms with Crippen molar-refractivity contribution in [2.24, 2.45) is 11.8 Å². The number of anilines is 1. The van der Waals surface area contributed by atoms with Crippen LogP contribution in [0.15, 0.2) is 30.5 Å². The highest BCUT2D eigenvalue weighted by atomic mass is 16.2. The third kappa shape index (κ3) is 3.19. The number of aromatic nitrogens is 3. The quantitative estimate of drug-likeness (QED) is 0.838. The molecule has 1 aromatic heterocycles. The van der Waals surface area contributed by atoms with E-state index in [1.165, 1.54) is 0 Å². The second-order valence-electron chi connectivity index (χ2n) is 7.72. The summed E-state index contributed by atoms with van der Waals surface area (Å²) in [5, 5.41) is 8.61. The Kier molecular flexibility index (Phi) is 4.40. The third-order valence-electron chi connectivity index (χ3n) is 5.76. The lowest BCUT2D eigenvalue weighted by atomic mass is 9.75. The lowest BCUT2D eigenvalue weighted by Crippen LogP contribution is -2.57. The van der Waals surface area contributed by atoms with Crippen molar-refractivity contribution in [3.63, 3.8) is 0 Å². The Hall–Kier alpha value is -2.41. The van der Waals surface area contributed by atoms with E-state index < -0.39 is 0 Å². The van der Waals surface area contributed by atoms with Gasteiger partial charge in [0.2, 0.25) is 5.91 Å². The van der Waals surface area contributed by atoms with E-state index in [9.17, 15) is 4.79 Å². The second-order valence-corrected chi connectivity index (χ2v) is 7.72. The van der Waals surface area contributed by atoms with Crippen molar-refractivity contribution in [3.8, 4) is 11.3 Å². The van der Waals surface area contributed by atoms with E-state index in [1.54, 1.807) is 4.90 Å². The molecule has 0 radical (unpaired) electrons. The van der Waals surface area contributed by atoms with Gasteiger partial charge in [-0.25, -0.2) is 0 Å². The molecular weight excluding hydrogens is 328 g/mol. The Bertz CT molecular complexity index is 801. The van der Waals surface area contributed by atoms with E-state index in [4.69, 9.17) is 5.73 Å². The molecule has 4 heterocycles. The number of rotatable bonds is 4. The van der Waals surface area contributed by atoms with Crippen molar-refractivity contribution >= 4 is 11.6 Å². The number of nitrogen functional groups attached to an aromatic ring is 1. The van der Waals surface area contributed by atoms with Crippen LogP contribution in [0.5, 0.6) is 0 Å². The molecule has 0 saturated carbocycles. The van der Waals surface area contributed by atoms with Gasteiger partial charge in [0, 0.05) is 37.9 Å².